The molecule has 0 aromatic carbocycles. The zero-order chi connectivity index (χ0) is 10.7. The largest absolute Gasteiger partial charge is 0.478 e. The molecule has 1 aliphatic rings. The van der Waals surface area contributed by atoms with Gasteiger partial charge in [-0.15, -0.1) is 0 Å². The van der Waals surface area contributed by atoms with E-state index in [-0.39, 0.29) is 0 Å². The van der Waals surface area contributed by atoms with E-state index in [4.69, 9.17) is 9.84 Å². The van der Waals surface area contributed by atoms with Crippen LogP contribution in [-0.2, 0) is 4.74 Å². The van der Waals surface area contributed by atoms with Crippen molar-refractivity contribution in [2.24, 2.45) is 0 Å². The number of rotatable bonds is 2. The lowest BCUT2D eigenvalue weighted by molar-refractivity contribution is 0.0696. The van der Waals surface area contributed by atoms with Crippen LogP contribution >= 0.6 is 0 Å². The van der Waals surface area contributed by atoms with E-state index < -0.39 is 5.97 Å². The Morgan fingerprint density at radius 1 is 1.47 bits per heavy atom. The highest BCUT2D eigenvalue weighted by atomic mass is 16.5. The zero-order valence-corrected chi connectivity index (χ0v) is 8.35. The standard InChI is InChI=1S/C11H13NO3/c13-11(14)9-1-4-12-10(7-9)8-2-5-15-6-3-8/h1,4,7-8H,2-3,5-6H2,(H,13,14). The van der Waals surface area contributed by atoms with Crippen molar-refractivity contribution in [3.05, 3.63) is 29.6 Å². The summed E-state index contributed by atoms with van der Waals surface area (Å²) < 4.78 is 5.25. The number of hydrogen-bond donors (Lipinski definition) is 1. The minimum Gasteiger partial charge on any atom is -0.478 e. The molecule has 0 radical (unpaired) electrons. The monoisotopic (exact) mass is 207 g/mol. The molecule has 0 spiro atoms. The Balaban J connectivity index is 2.19. The van der Waals surface area contributed by atoms with Gasteiger partial charge < -0.3 is 9.84 Å². The van der Waals surface area contributed by atoms with Crippen molar-refractivity contribution >= 4 is 5.97 Å². The molecule has 0 saturated carbocycles. The number of ether oxygens (including phenoxy) is 1. The molecule has 2 heterocycles. The molecule has 0 aliphatic carbocycles. The maximum atomic E-state index is 10.8. The zero-order valence-electron chi connectivity index (χ0n) is 8.35. The van der Waals surface area contributed by atoms with E-state index >= 15 is 0 Å². The van der Waals surface area contributed by atoms with Crippen molar-refractivity contribution < 1.29 is 14.6 Å². The fourth-order valence-corrected chi connectivity index (χ4v) is 1.80. The average Bonchev–Trinajstić information content (AvgIpc) is 2.30. The predicted octanol–water partition coefficient (Wildman–Crippen LogP) is 1.67. The Hall–Kier alpha value is -1.42. The minimum atomic E-state index is -0.897. The molecule has 1 N–H and O–H groups in total. The number of carbonyl (C=O) groups is 1. The highest BCUT2D eigenvalue weighted by Gasteiger charge is 2.18. The molecule has 0 unspecified atom stereocenters. The lowest BCUT2D eigenvalue weighted by atomic mass is 9.95. The summed E-state index contributed by atoms with van der Waals surface area (Å²) in [6.45, 7) is 1.48. The first kappa shape index (κ1) is 10.1. The maximum absolute atomic E-state index is 10.8. The van der Waals surface area contributed by atoms with Gasteiger partial charge in [0, 0.05) is 31.0 Å². The van der Waals surface area contributed by atoms with Crippen LogP contribution in [0.1, 0.15) is 34.8 Å². The van der Waals surface area contributed by atoms with Crippen LogP contribution < -0.4 is 0 Å². The van der Waals surface area contributed by atoms with E-state index in [1.165, 1.54) is 6.07 Å². The number of carboxylic acid groups (broad SMARTS) is 1. The van der Waals surface area contributed by atoms with Gasteiger partial charge >= 0.3 is 5.97 Å². The first-order valence-electron chi connectivity index (χ1n) is 5.04. The van der Waals surface area contributed by atoms with Crippen LogP contribution in [0.25, 0.3) is 0 Å². The quantitative estimate of drug-likeness (QED) is 0.801. The third-order valence-electron chi connectivity index (χ3n) is 2.67. The summed E-state index contributed by atoms with van der Waals surface area (Å²) in [7, 11) is 0. The first-order chi connectivity index (χ1) is 7.27. The second-order valence-corrected chi connectivity index (χ2v) is 3.66. The lowest BCUT2D eigenvalue weighted by Crippen LogP contribution is -2.15. The van der Waals surface area contributed by atoms with Crippen LogP contribution in [0.2, 0.25) is 0 Å². The molecule has 4 nitrogen and oxygen atoms in total. The molecule has 0 atom stereocenters. The summed E-state index contributed by atoms with van der Waals surface area (Å²) in [6.07, 6.45) is 3.42. The van der Waals surface area contributed by atoms with Gasteiger partial charge in [-0.1, -0.05) is 0 Å². The van der Waals surface area contributed by atoms with Gasteiger partial charge in [-0.2, -0.15) is 0 Å². The van der Waals surface area contributed by atoms with E-state index in [0.717, 1.165) is 31.7 Å². The van der Waals surface area contributed by atoms with Gasteiger partial charge in [0.2, 0.25) is 0 Å². The summed E-state index contributed by atoms with van der Waals surface area (Å²) in [5, 5.41) is 8.86. The topological polar surface area (TPSA) is 59.4 Å². The molecule has 1 aromatic heterocycles. The van der Waals surface area contributed by atoms with Crippen LogP contribution in [0.3, 0.4) is 0 Å². The summed E-state index contributed by atoms with van der Waals surface area (Å²) in [5.74, 6) is -0.552. The number of aromatic carboxylic acids is 1. The van der Waals surface area contributed by atoms with Gasteiger partial charge in [-0.3, -0.25) is 4.98 Å². The molecule has 0 bridgehead atoms. The second kappa shape index (κ2) is 4.40. The van der Waals surface area contributed by atoms with Gasteiger partial charge in [0.25, 0.3) is 0 Å². The molecule has 1 aromatic rings. The van der Waals surface area contributed by atoms with Crippen molar-refractivity contribution in [3.63, 3.8) is 0 Å². The number of pyridine rings is 1. The molecular weight excluding hydrogens is 194 g/mol. The summed E-state index contributed by atoms with van der Waals surface area (Å²) in [4.78, 5) is 15.0. The van der Waals surface area contributed by atoms with Gasteiger partial charge in [-0.05, 0) is 25.0 Å². The minimum absolute atomic E-state index is 0.312. The Bertz CT molecular complexity index is 359. The van der Waals surface area contributed by atoms with Crippen molar-refractivity contribution in [3.8, 4) is 0 Å². The van der Waals surface area contributed by atoms with Crippen molar-refractivity contribution in [1.29, 1.82) is 0 Å². The van der Waals surface area contributed by atoms with E-state index in [0.29, 0.717) is 11.5 Å². The van der Waals surface area contributed by atoms with E-state index in [1.54, 1.807) is 12.3 Å². The summed E-state index contributed by atoms with van der Waals surface area (Å²) >= 11 is 0. The molecule has 2 rings (SSSR count). The molecule has 0 amide bonds. The number of carboxylic acids is 1. The predicted molar refractivity (Wildman–Crippen MR) is 54.0 cm³/mol. The van der Waals surface area contributed by atoms with Crippen LogP contribution in [0.5, 0.6) is 0 Å². The van der Waals surface area contributed by atoms with E-state index in [1.807, 2.05) is 0 Å². The third-order valence-corrected chi connectivity index (χ3v) is 2.67. The molecule has 15 heavy (non-hydrogen) atoms. The third kappa shape index (κ3) is 2.33. The molecule has 1 saturated heterocycles. The van der Waals surface area contributed by atoms with Crippen molar-refractivity contribution in [2.75, 3.05) is 13.2 Å². The Labute approximate surface area is 87.9 Å². The smallest absolute Gasteiger partial charge is 0.335 e. The highest BCUT2D eigenvalue weighted by molar-refractivity contribution is 5.87. The maximum Gasteiger partial charge on any atom is 0.335 e. The molecule has 80 valence electrons. The molecule has 4 heteroatoms. The van der Waals surface area contributed by atoms with Crippen molar-refractivity contribution in [2.45, 2.75) is 18.8 Å². The van der Waals surface area contributed by atoms with Gasteiger partial charge in [0.1, 0.15) is 0 Å². The Morgan fingerprint density at radius 2 is 2.20 bits per heavy atom. The average molecular weight is 207 g/mol. The lowest BCUT2D eigenvalue weighted by Gasteiger charge is -2.21. The molecule has 1 fully saturated rings. The summed E-state index contributed by atoms with van der Waals surface area (Å²) in [6, 6.07) is 3.18. The molecule has 1 aliphatic heterocycles. The number of aromatic nitrogens is 1. The van der Waals surface area contributed by atoms with Crippen LogP contribution in [0.15, 0.2) is 18.3 Å². The van der Waals surface area contributed by atoms with Crippen LogP contribution in [0, 0.1) is 0 Å². The van der Waals surface area contributed by atoms with Crippen molar-refractivity contribution in [1.82, 2.24) is 4.98 Å². The SMILES string of the molecule is O=C(O)c1ccnc(C2CCOCC2)c1. The number of hydrogen-bond acceptors (Lipinski definition) is 3. The highest BCUT2D eigenvalue weighted by Crippen LogP contribution is 2.25. The fraction of sp³-hybridized carbons (Fsp3) is 0.455. The second-order valence-electron chi connectivity index (χ2n) is 3.66. The van der Waals surface area contributed by atoms with E-state index in [2.05, 4.69) is 4.98 Å². The van der Waals surface area contributed by atoms with Gasteiger partial charge in [-0.25, -0.2) is 4.79 Å². The Morgan fingerprint density at radius 3 is 2.87 bits per heavy atom. The van der Waals surface area contributed by atoms with Gasteiger partial charge in [0.15, 0.2) is 0 Å². The summed E-state index contributed by atoms with van der Waals surface area (Å²) in [5.41, 5.74) is 1.18. The number of nitrogens with zero attached hydrogens (tertiary/aromatic N) is 1. The van der Waals surface area contributed by atoms with Crippen LogP contribution in [0.4, 0.5) is 0 Å². The molecular formula is C11H13NO3. The normalized spacial score (nSPS) is 17.6. The van der Waals surface area contributed by atoms with E-state index in [9.17, 15) is 4.79 Å². The fourth-order valence-electron chi connectivity index (χ4n) is 1.80. The van der Waals surface area contributed by atoms with Crippen LogP contribution in [-0.4, -0.2) is 29.3 Å². The Kier molecular flexibility index (Phi) is 2.97. The first-order valence-corrected chi connectivity index (χ1v) is 5.04. The van der Waals surface area contributed by atoms with Gasteiger partial charge in [0.05, 0.1) is 5.56 Å².